The average molecular weight is 457 g/mol. The molecule has 0 N–H and O–H groups in total. The van der Waals surface area contributed by atoms with Crippen LogP contribution in [0.5, 0.6) is 0 Å². The summed E-state index contributed by atoms with van der Waals surface area (Å²) in [4.78, 5) is 2.56. The zero-order valence-electron chi connectivity index (χ0n) is 20.8. The summed E-state index contributed by atoms with van der Waals surface area (Å²) in [7, 11) is 0. The highest BCUT2D eigenvalue weighted by Gasteiger charge is 2.36. The predicted molar refractivity (Wildman–Crippen MR) is 139 cm³/mol. The maximum Gasteiger partial charge on any atom is 0.123 e. The van der Waals surface area contributed by atoms with E-state index in [-0.39, 0.29) is 11.7 Å². The summed E-state index contributed by atoms with van der Waals surface area (Å²) in [5.41, 5.74) is 2.99. The Morgan fingerprint density at radius 1 is 0.794 bits per heavy atom. The van der Waals surface area contributed by atoms with Crippen molar-refractivity contribution in [2.45, 2.75) is 57.9 Å². The van der Waals surface area contributed by atoms with Crippen molar-refractivity contribution in [2.24, 2.45) is 5.92 Å². The molecule has 0 saturated heterocycles. The topological polar surface area (TPSA) is 27.0 Å². The van der Waals surface area contributed by atoms with Crippen LogP contribution < -0.4 is 0 Å². The Kier molecular flexibility index (Phi) is 9.42. The Morgan fingerprint density at radius 3 is 1.74 bits per heavy atom. The van der Waals surface area contributed by atoms with Crippen molar-refractivity contribution in [3.05, 3.63) is 107 Å². The highest BCUT2D eigenvalue weighted by molar-refractivity contribution is 5.33. The summed E-state index contributed by atoms with van der Waals surface area (Å²) in [6, 6.07) is 30.7. The van der Waals surface area contributed by atoms with Gasteiger partial charge in [0.25, 0.3) is 0 Å². The molecule has 3 aromatic rings. The molecule has 2 unspecified atom stereocenters. The molecule has 0 amide bonds. The molecule has 3 aromatic carbocycles. The molecule has 0 heterocycles. The molecule has 3 heteroatoms. The Hall–Kier alpha value is -2.96. The summed E-state index contributed by atoms with van der Waals surface area (Å²) in [6.07, 6.45) is 3.67. The summed E-state index contributed by atoms with van der Waals surface area (Å²) in [5.74, 6) is -0.127. The molecule has 0 aliphatic carbocycles. The highest BCUT2D eigenvalue weighted by atomic mass is 19.1. The fourth-order valence-electron chi connectivity index (χ4n) is 4.77. The Balaban J connectivity index is 1.73. The van der Waals surface area contributed by atoms with Crippen molar-refractivity contribution in [1.82, 2.24) is 4.90 Å². The minimum absolute atomic E-state index is 0.136. The summed E-state index contributed by atoms with van der Waals surface area (Å²) < 4.78 is 13.6. The van der Waals surface area contributed by atoms with Gasteiger partial charge >= 0.3 is 0 Å². The van der Waals surface area contributed by atoms with Crippen LogP contribution in [0.25, 0.3) is 0 Å². The van der Waals surface area contributed by atoms with Crippen molar-refractivity contribution in [2.75, 3.05) is 13.1 Å². The Bertz CT molecular complexity index is 981. The zero-order valence-corrected chi connectivity index (χ0v) is 20.8. The number of hydrogen-bond donors (Lipinski definition) is 0. The maximum absolute atomic E-state index is 13.6. The van der Waals surface area contributed by atoms with Crippen molar-refractivity contribution < 1.29 is 4.39 Å². The molecule has 178 valence electrons. The van der Waals surface area contributed by atoms with Gasteiger partial charge in [0.1, 0.15) is 5.82 Å². The second kappa shape index (κ2) is 12.5. The molecule has 0 saturated carbocycles. The smallest absolute Gasteiger partial charge is 0.123 e. The average Bonchev–Trinajstić information content (AvgIpc) is 2.86. The van der Waals surface area contributed by atoms with E-state index in [4.69, 9.17) is 0 Å². The van der Waals surface area contributed by atoms with E-state index in [0.717, 1.165) is 44.3 Å². The Morgan fingerprint density at radius 2 is 1.29 bits per heavy atom. The van der Waals surface area contributed by atoms with E-state index >= 15 is 0 Å². The first kappa shape index (κ1) is 25.7. The fraction of sp³-hybridized carbons (Fsp3) is 0.387. The molecule has 2 atom stereocenters. The fourth-order valence-corrected chi connectivity index (χ4v) is 4.77. The van der Waals surface area contributed by atoms with Crippen LogP contribution in [-0.2, 0) is 18.3 Å². The number of halogens is 1. The van der Waals surface area contributed by atoms with Gasteiger partial charge in [-0.05, 0) is 67.3 Å². The molecular weight excluding hydrogens is 419 g/mol. The van der Waals surface area contributed by atoms with Crippen molar-refractivity contribution >= 4 is 0 Å². The van der Waals surface area contributed by atoms with Crippen LogP contribution in [0.3, 0.4) is 0 Å². The summed E-state index contributed by atoms with van der Waals surface area (Å²) in [6.45, 7) is 8.44. The third kappa shape index (κ3) is 6.78. The van der Waals surface area contributed by atoms with E-state index < -0.39 is 5.41 Å². The quantitative estimate of drug-likeness (QED) is 0.288. The molecule has 0 aliphatic heterocycles. The van der Waals surface area contributed by atoms with Gasteiger partial charge in [-0.25, -0.2) is 4.39 Å². The minimum atomic E-state index is -0.619. The molecule has 2 nitrogen and oxygen atoms in total. The standard InChI is InChI=1S/C31H37FN2/c1-25(2)31(24-33,29-14-16-30(32)17-15-29)21-18-26(3)34(22-19-27-10-6-4-7-11-27)23-20-28-12-8-5-9-13-28/h4-17,25-26H,18-23H2,1-3H3. The first-order valence-corrected chi connectivity index (χ1v) is 12.4. The molecule has 0 bridgehead atoms. The number of nitrogens with zero attached hydrogens (tertiary/aromatic N) is 2. The van der Waals surface area contributed by atoms with Gasteiger partial charge in [-0.15, -0.1) is 0 Å². The van der Waals surface area contributed by atoms with Gasteiger partial charge in [0.2, 0.25) is 0 Å². The maximum atomic E-state index is 13.6. The largest absolute Gasteiger partial charge is 0.300 e. The lowest BCUT2D eigenvalue weighted by Gasteiger charge is -2.35. The Labute approximate surface area is 205 Å². The van der Waals surface area contributed by atoms with Crippen LogP contribution >= 0.6 is 0 Å². The molecule has 0 aliphatic rings. The molecule has 3 rings (SSSR count). The highest BCUT2D eigenvalue weighted by Crippen LogP contribution is 2.37. The number of hydrogen-bond acceptors (Lipinski definition) is 2. The van der Waals surface area contributed by atoms with E-state index in [1.807, 2.05) is 0 Å². The van der Waals surface area contributed by atoms with E-state index in [2.05, 4.69) is 92.4 Å². The van der Waals surface area contributed by atoms with E-state index in [9.17, 15) is 9.65 Å². The number of nitriles is 1. The molecular formula is C31H37FN2. The SMILES string of the molecule is CC(CCC(C#N)(c1ccc(F)cc1)C(C)C)N(CCc1ccccc1)CCc1ccccc1. The van der Waals surface area contributed by atoms with E-state index in [0.29, 0.717) is 6.04 Å². The minimum Gasteiger partial charge on any atom is -0.300 e. The van der Waals surface area contributed by atoms with Crippen LogP contribution in [0.1, 0.15) is 50.3 Å². The van der Waals surface area contributed by atoms with Gasteiger partial charge in [-0.2, -0.15) is 5.26 Å². The first-order valence-electron chi connectivity index (χ1n) is 12.4. The lowest BCUT2D eigenvalue weighted by atomic mass is 9.69. The molecule has 0 fully saturated rings. The predicted octanol–water partition coefficient (Wildman–Crippen LogP) is 7.20. The van der Waals surface area contributed by atoms with Crippen LogP contribution in [0.4, 0.5) is 4.39 Å². The van der Waals surface area contributed by atoms with Gasteiger partial charge in [0.05, 0.1) is 11.5 Å². The van der Waals surface area contributed by atoms with Crippen molar-refractivity contribution in [3.8, 4) is 6.07 Å². The van der Waals surface area contributed by atoms with Crippen LogP contribution in [0, 0.1) is 23.1 Å². The van der Waals surface area contributed by atoms with Gasteiger partial charge in [0, 0.05) is 19.1 Å². The monoisotopic (exact) mass is 456 g/mol. The normalized spacial score (nSPS) is 14.0. The van der Waals surface area contributed by atoms with Gasteiger partial charge in [-0.3, -0.25) is 0 Å². The second-order valence-electron chi connectivity index (χ2n) is 9.64. The lowest BCUT2D eigenvalue weighted by molar-refractivity contribution is 0.188. The van der Waals surface area contributed by atoms with Crippen LogP contribution in [0.15, 0.2) is 84.9 Å². The van der Waals surface area contributed by atoms with Gasteiger partial charge in [0.15, 0.2) is 0 Å². The molecule has 34 heavy (non-hydrogen) atoms. The first-order chi connectivity index (χ1) is 16.4. The van der Waals surface area contributed by atoms with Crippen molar-refractivity contribution in [3.63, 3.8) is 0 Å². The molecule has 0 spiro atoms. The second-order valence-corrected chi connectivity index (χ2v) is 9.64. The number of benzene rings is 3. The van der Waals surface area contributed by atoms with Crippen molar-refractivity contribution in [1.29, 1.82) is 5.26 Å². The third-order valence-corrected chi connectivity index (χ3v) is 7.19. The third-order valence-electron chi connectivity index (χ3n) is 7.19. The van der Waals surface area contributed by atoms with Crippen LogP contribution in [-0.4, -0.2) is 24.0 Å². The number of rotatable bonds is 12. The van der Waals surface area contributed by atoms with E-state index in [1.165, 1.54) is 23.3 Å². The van der Waals surface area contributed by atoms with E-state index in [1.54, 1.807) is 12.1 Å². The molecule has 0 radical (unpaired) electrons. The van der Waals surface area contributed by atoms with Gasteiger partial charge in [-0.1, -0.05) is 86.6 Å². The van der Waals surface area contributed by atoms with Gasteiger partial charge < -0.3 is 4.90 Å². The zero-order chi connectivity index (χ0) is 24.4. The lowest BCUT2D eigenvalue weighted by Crippen LogP contribution is -2.39. The summed E-state index contributed by atoms with van der Waals surface area (Å²) in [5, 5.41) is 10.3. The molecule has 0 aromatic heterocycles. The van der Waals surface area contributed by atoms with Crippen LogP contribution in [0.2, 0.25) is 0 Å². The summed E-state index contributed by atoms with van der Waals surface area (Å²) >= 11 is 0.